The first-order chi connectivity index (χ1) is 10.8. The third kappa shape index (κ3) is 4.29. The second kappa shape index (κ2) is 7.72. The maximum atomic E-state index is 5.38. The second-order valence-corrected chi connectivity index (χ2v) is 6.55. The van der Waals surface area contributed by atoms with Crippen molar-refractivity contribution in [2.75, 3.05) is 38.2 Å². The van der Waals surface area contributed by atoms with Gasteiger partial charge in [-0.2, -0.15) is 0 Å². The van der Waals surface area contributed by atoms with Gasteiger partial charge in [0.25, 0.3) is 0 Å². The Morgan fingerprint density at radius 3 is 2.68 bits per heavy atom. The Morgan fingerprint density at radius 2 is 2.00 bits per heavy atom. The van der Waals surface area contributed by atoms with Crippen LogP contribution in [0.15, 0.2) is 29.8 Å². The highest BCUT2D eigenvalue weighted by atomic mass is 32.1. The second-order valence-electron chi connectivity index (χ2n) is 5.62. The zero-order valence-electron chi connectivity index (χ0n) is 13.0. The van der Waals surface area contributed by atoms with Gasteiger partial charge in [-0.05, 0) is 31.0 Å². The van der Waals surface area contributed by atoms with Crippen LogP contribution in [0.4, 0.5) is 5.69 Å². The Balaban J connectivity index is 1.46. The van der Waals surface area contributed by atoms with Gasteiger partial charge in [0.1, 0.15) is 0 Å². The zero-order valence-corrected chi connectivity index (χ0v) is 13.9. The van der Waals surface area contributed by atoms with Gasteiger partial charge in [0.05, 0.1) is 31.0 Å². The molecule has 2 heterocycles. The molecule has 5 heteroatoms. The first kappa shape index (κ1) is 15.5. The number of hydrogen-bond acceptors (Lipinski definition) is 5. The van der Waals surface area contributed by atoms with Gasteiger partial charge in [0, 0.05) is 30.2 Å². The molecule has 3 rings (SSSR count). The molecule has 2 aromatic rings. The summed E-state index contributed by atoms with van der Waals surface area (Å²) in [5.74, 6) is 0. The summed E-state index contributed by atoms with van der Waals surface area (Å²) < 4.78 is 5.38. The highest BCUT2D eigenvalue weighted by Crippen LogP contribution is 2.16. The van der Waals surface area contributed by atoms with Gasteiger partial charge in [-0.3, -0.25) is 4.90 Å². The minimum Gasteiger partial charge on any atom is -0.380 e. The molecule has 1 saturated heterocycles. The van der Waals surface area contributed by atoms with Gasteiger partial charge in [0.15, 0.2) is 0 Å². The Bertz CT molecular complexity index is 576. The molecule has 1 aliphatic rings. The lowest BCUT2D eigenvalue weighted by atomic mass is 10.1. The van der Waals surface area contributed by atoms with E-state index in [1.165, 1.54) is 16.1 Å². The summed E-state index contributed by atoms with van der Waals surface area (Å²) in [4.78, 5) is 8.05. The fourth-order valence-corrected chi connectivity index (χ4v) is 3.30. The molecule has 0 bridgehead atoms. The average molecular weight is 317 g/mol. The SMILES string of the molecule is Cc1ncsc1CNc1ccc(CCN2CCOCC2)cc1. The van der Waals surface area contributed by atoms with Crippen molar-refractivity contribution in [3.05, 3.63) is 45.9 Å². The van der Waals surface area contributed by atoms with E-state index in [0.29, 0.717) is 0 Å². The zero-order chi connectivity index (χ0) is 15.2. The normalized spacial score (nSPS) is 15.9. The number of hydrogen-bond donors (Lipinski definition) is 1. The van der Waals surface area contributed by atoms with Gasteiger partial charge in [-0.15, -0.1) is 11.3 Å². The molecule has 0 aliphatic carbocycles. The number of rotatable bonds is 6. The maximum absolute atomic E-state index is 5.38. The van der Waals surface area contributed by atoms with Crippen LogP contribution in [0.3, 0.4) is 0 Å². The van der Waals surface area contributed by atoms with Crippen molar-refractivity contribution in [3.8, 4) is 0 Å². The molecule has 1 fully saturated rings. The largest absolute Gasteiger partial charge is 0.380 e. The van der Waals surface area contributed by atoms with Crippen LogP contribution in [0.25, 0.3) is 0 Å². The fraction of sp³-hybridized carbons (Fsp3) is 0.471. The molecule has 0 saturated carbocycles. The molecule has 0 atom stereocenters. The molecular weight excluding hydrogens is 294 g/mol. The lowest BCUT2D eigenvalue weighted by molar-refractivity contribution is 0.0384. The molecule has 22 heavy (non-hydrogen) atoms. The first-order valence-electron chi connectivity index (χ1n) is 7.83. The molecule has 0 amide bonds. The van der Waals surface area contributed by atoms with Crippen LogP contribution in [0.5, 0.6) is 0 Å². The molecular formula is C17H23N3OS. The van der Waals surface area contributed by atoms with Crippen LogP contribution >= 0.6 is 11.3 Å². The number of aromatic nitrogens is 1. The highest BCUT2D eigenvalue weighted by Gasteiger charge is 2.09. The van der Waals surface area contributed by atoms with E-state index in [1.54, 1.807) is 11.3 Å². The van der Waals surface area contributed by atoms with Crippen LogP contribution in [0.2, 0.25) is 0 Å². The summed E-state index contributed by atoms with van der Waals surface area (Å²) in [6.07, 6.45) is 1.11. The minimum absolute atomic E-state index is 0.851. The average Bonchev–Trinajstić information content (AvgIpc) is 2.98. The predicted octanol–water partition coefficient (Wildman–Crippen LogP) is 2.94. The molecule has 4 nitrogen and oxygen atoms in total. The molecule has 0 radical (unpaired) electrons. The van der Waals surface area contributed by atoms with Crippen molar-refractivity contribution in [2.24, 2.45) is 0 Å². The molecule has 1 aliphatic heterocycles. The number of thiazole rings is 1. The van der Waals surface area contributed by atoms with E-state index in [9.17, 15) is 0 Å². The topological polar surface area (TPSA) is 37.4 Å². The van der Waals surface area contributed by atoms with E-state index < -0.39 is 0 Å². The van der Waals surface area contributed by atoms with Crippen LogP contribution in [-0.4, -0.2) is 42.7 Å². The van der Waals surface area contributed by atoms with Crippen molar-refractivity contribution >= 4 is 17.0 Å². The Kier molecular flexibility index (Phi) is 5.43. The van der Waals surface area contributed by atoms with Crippen molar-refractivity contribution in [1.29, 1.82) is 0 Å². The molecule has 118 valence electrons. The number of nitrogens with zero attached hydrogens (tertiary/aromatic N) is 2. The quantitative estimate of drug-likeness (QED) is 0.889. The van der Waals surface area contributed by atoms with Crippen molar-refractivity contribution in [3.63, 3.8) is 0 Å². The summed E-state index contributed by atoms with van der Waals surface area (Å²) in [7, 11) is 0. The number of ether oxygens (including phenoxy) is 1. The molecule has 0 spiro atoms. The first-order valence-corrected chi connectivity index (χ1v) is 8.71. The van der Waals surface area contributed by atoms with E-state index in [-0.39, 0.29) is 0 Å². The molecule has 1 aromatic heterocycles. The lowest BCUT2D eigenvalue weighted by Crippen LogP contribution is -2.37. The van der Waals surface area contributed by atoms with Crippen molar-refractivity contribution in [2.45, 2.75) is 19.9 Å². The van der Waals surface area contributed by atoms with Gasteiger partial charge >= 0.3 is 0 Å². The van der Waals surface area contributed by atoms with Crippen molar-refractivity contribution in [1.82, 2.24) is 9.88 Å². The summed E-state index contributed by atoms with van der Waals surface area (Å²) in [5, 5.41) is 3.46. The van der Waals surface area contributed by atoms with Gasteiger partial charge in [0.2, 0.25) is 0 Å². The van der Waals surface area contributed by atoms with E-state index >= 15 is 0 Å². The van der Waals surface area contributed by atoms with E-state index in [4.69, 9.17) is 4.74 Å². The smallest absolute Gasteiger partial charge is 0.0798 e. The van der Waals surface area contributed by atoms with Crippen LogP contribution in [-0.2, 0) is 17.7 Å². The van der Waals surface area contributed by atoms with E-state index in [0.717, 1.165) is 51.5 Å². The Labute approximate surface area is 136 Å². The summed E-state index contributed by atoms with van der Waals surface area (Å²) in [6, 6.07) is 8.79. The predicted molar refractivity (Wildman–Crippen MR) is 91.6 cm³/mol. The van der Waals surface area contributed by atoms with Gasteiger partial charge in [-0.1, -0.05) is 12.1 Å². The standard InChI is InChI=1S/C17H23N3OS/c1-14-17(22-13-19-14)12-18-16-4-2-15(3-5-16)6-7-20-8-10-21-11-9-20/h2-5,13,18H,6-12H2,1H3. The fourth-order valence-electron chi connectivity index (χ4n) is 2.58. The molecule has 1 N–H and O–H groups in total. The number of nitrogens with one attached hydrogen (secondary N) is 1. The molecule has 1 aromatic carbocycles. The number of aryl methyl sites for hydroxylation is 1. The molecule has 0 unspecified atom stereocenters. The number of benzene rings is 1. The van der Waals surface area contributed by atoms with Crippen molar-refractivity contribution < 1.29 is 4.74 Å². The summed E-state index contributed by atoms with van der Waals surface area (Å²) >= 11 is 1.71. The third-order valence-corrected chi connectivity index (χ3v) is 5.01. The lowest BCUT2D eigenvalue weighted by Gasteiger charge is -2.26. The van der Waals surface area contributed by atoms with E-state index in [2.05, 4.69) is 46.4 Å². The summed E-state index contributed by atoms with van der Waals surface area (Å²) in [6.45, 7) is 7.91. The third-order valence-electron chi connectivity index (χ3n) is 4.07. The van der Waals surface area contributed by atoms with Crippen LogP contribution < -0.4 is 5.32 Å². The number of anilines is 1. The van der Waals surface area contributed by atoms with Gasteiger partial charge in [-0.25, -0.2) is 4.98 Å². The summed E-state index contributed by atoms with van der Waals surface area (Å²) in [5.41, 5.74) is 5.59. The van der Waals surface area contributed by atoms with Crippen LogP contribution in [0, 0.1) is 6.92 Å². The Morgan fingerprint density at radius 1 is 1.23 bits per heavy atom. The maximum Gasteiger partial charge on any atom is 0.0798 e. The minimum atomic E-state index is 0.851. The number of morpholine rings is 1. The Hall–Kier alpha value is -1.43. The van der Waals surface area contributed by atoms with Crippen LogP contribution in [0.1, 0.15) is 16.1 Å². The van der Waals surface area contributed by atoms with E-state index in [1.807, 2.05) is 5.51 Å². The highest BCUT2D eigenvalue weighted by molar-refractivity contribution is 7.09. The monoisotopic (exact) mass is 317 g/mol. The van der Waals surface area contributed by atoms with Gasteiger partial charge < -0.3 is 10.1 Å².